The fourth-order valence-corrected chi connectivity index (χ4v) is 3.52. The van der Waals surface area contributed by atoms with Gasteiger partial charge in [0.25, 0.3) is 0 Å². The molecule has 1 aliphatic rings. The second kappa shape index (κ2) is 9.01. The number of carbonyl (C=O) groups excluding carboxylic acids is 2. The van der Waals surface area contributed by atoms with Gasteiger partial charge in [-0.1, -0.05) is 13.3 Å². The predicted octanol–water partition coefficient (Wildman–Crippen LogP) is 0.791. The molecule has 1 fully saturated rings. The van der Waals surface area contributed by atoms with Crippen LogP contribution in [0.5, 0.6) is 0 Å². The van der Waals surface area contributed by atoms with Gasteiger partial charge in [0.1, 0.15) is 6.04 Å². The number of amides is 2. The first-order chi connectivity index (χ1) is 11.2. The van der Waals surface area contributed by atoms with Crippen LogP contribution in [-0.4, -0.2) is 72.0 Å². The smallest absolute Gasteiger partial charge is 0.320 e. The van der Waals surface area contributed by atoms with Crippen molar-refractivity contribution in [1.82, 2.24) is 15.1 Å². The molecular formula is C17H31N3O4. The molecule has 1 saturated heterocycles. The van der Waals surface area contributed by atoms with Gasteiger partial charge in [-0.3, -0.25) is 19.3 Å². The Morgan fingerprint density at radius 3 is 2.42 bits per heavy atom. The number of hydrogen-bond acceptors (Lipinski definition) is 4. The fourth-order valence-electron chi connectivity index (χ4n) is 3.52. The van der Waals surface area contributed by atoms with Crippen molar-refractivity contribution in [3.8, 4) is 0 Å². The highest BCUT2D eigenvalue weighted by molar-refractivity contribution is 5.82. The number of hydrogen-bond donors (Lipinski definition) is 2. The van der Waals surface area contributed by atoms with Crippen molar-refractivity contribution in [1.29, 1.82) is 0 Å². The summed E-state index contributed by atoms with van der Waals surface area (Å²) in [4.78, 5) is 38.5. The fraction of sp³-hybridized carbons (Fsp3) is 0.824. The van der Waals surface area contributed by atoms with Gasteiger partial charge < -0.3 is 15.3 Å². The maximum absolute atomic E-state index is 12.2. The Bertz CT molecular complexity index is 467. The summed E-state index contributed by atoms with van der Waals surface area (Å²) < 4.78 is 0. The van der Waals surface area contributed by atoms with E-state index in [0.29, 0.717) is 19.5 Å². The van der Waals surface area contributed by atoms with Gasteiger partial charge in [-0.15, -0.1) is 0 Å². The van der Waals surface area contributed by atoms with E-state index < -0.39 is 12.0 Å². The van der Waals surface area contributed by atoms with Crippen molar-refractivity contribution in [2.24, 2.45) is 11.8 Å². The molecule has 0 spiro atoms. The highest BCUT2D eigenvalue weighted by atomic mass is 16.4. The number of rotatable bonds is 8. The van der Waals surface area contributed by atoms with Crippen LogP contribution in [-0.2, 0) is 14.4 Å². The normalized spacial score (nSPS) is 23.5. The first-order valence-electron chi connectivity index (χ1n) is 8.62. The summed E-state index contributed by atoms with van der Waals surface area (Å²) in [6.45, 7) is 6.55. The van der Waals surface area contributed by atoms with Crippen molar-refractivity contribution in [3.63, 3.8) is 0 Å². The first-order valence-corrected chi connectivity index (χ1v) is 8.62. The molecule has 7 heteroatoms. The Labute approximate surface area is 144 Å². The molecule has 2 unspecified atom stereocenters. The monoisotopic (exact) mass is 341 g/mol. The highest BCUT2D eigenvalue weighted by Crippen LogP contribution is 2.27. The first kappa shape index (κ1) is 20.4. The minimum atomic E-state index is -0.883. The third-order valence-corrected chi connectivity index (χ3v) is 4.75. The molecule has 0 aliphatic carbocycles. The van der Waals surface area contributed by atoms with E-state index in [1.54, 1.807) is 14.1 Å². The van der Waals surface area contributed by atoms with Crippen LogP contribution in [0.15, 0.2) is 0 Å². The zero-order valence-electron chi connectivity index (χ0n) is 15.4. The van der Waals surface area contributed by atoms with Gasteiger partial charge in [-0.25, -0.2) is 0 Å². The van der Waals surface area contributed by atoms with E-state index in [-0.39, 0.29) is 29.7 Å². The second-order valence-electron chi connectivity index (χ2n) is 7.01. The molecule has 2 amide bonds. The molecule has 1 rings (SSSR count). The average Bonchev–Trinajstić information content (AvgIpc) is 2.89. The predicted molar refractivity (Wildman–Crippen MR) is 91.5 cm³/mol. The van der Waals surface area contributed by atoms with E-state index in [1.807, 2.05) is 11.8 Å². The number of nitrogens with one attached hydrogen (secondary N) is 1. The summed E-state index contributed by atoms with van der Waals surface area (Å²) in [5.41, 5.74) is 0. The summed E-state index contributed by atoms with van der Waals surface area (Å²) in [6.07, 6.45) is 2.20. The van der Waals surface area contributed by atoms with E-state index in [4.69, 9.17) is 0 Å². The quantitative estimate of drug-likeness (QED) is 0.681. The summed E-state index contributed by atoms with van der Waals surface area (Å²) in [7, 11) is 3.39. The third kappa shape index (κ3) is 5.47. The van der Waals surface area contributed by atoms with Crippen LogP contribution in [0.4, 0.5) is 0 Å². The lowest BCUT2D eigenvalue weighted by Crippen LogP contribution is -2.45. The van der Waals surface area contributed by atoms with Crippen molar-refractivity contribution in [2.75, 3.05) is 27.2 Å². The SMILES string of the molecule is CCCC(CN1C[C@H](C(=O)N(C)C)C[C@@H]1C(=O)O)C(C)NC(C)=O. The van der Waals surface area contributed by atoms with E-state index in [1.165, 1.54) is 11.8 Å². The largest absolute Gasteiger partial charge is 0.480 e. The Hall–Kier alpha value is -1.63. The van der Waals surface area contributed by atoms with E-state index >= 15 is 0 Å². The van der Waals surface area contributed by atoms with Gasteiger partial charge in [-0.05, 0) is 25.7 Å². The zero-order valence-corrected chi connectivity index (χ0v) is 15.4. The lowest BCUT2D eigenvalue weighted by atomic mass is 9.95. The summed E-state index contributed by atoms with van der Waals surface area (Å²) >= 11 is 0. The molecule has 0 aromatic rings. The molecule has 24 heavy (non-hydrogen) atoms. The minimum Gasteiger partial charge on any atom is -0.480 e. The molecule has 0 radical (unpaired) electrons. The van der Waals surface area contributed by atoms with Crippen molar-refractivity contribution in [3.05, 3.63) is 0 Å². The van der Waals surface area contributed by atoms with E-state index in [2.05, 4.69) is 12.2 Å². The third-order valence-electron chi connectivity index (χ3n) is 4.75. The van der Waals surface area contributed by atoms with Crippen LogP contribution < -0.4 is 5.32 Å². The summed E-state index contributed by atoms with van der Waals surface area (Å²) in [5.74, 6) is -1.11. The van der Waals surface area contributed by atoms with Crippen LogP contribution in [0.2, 0.25) is 0 Å². The zero-order chi connectivity index (χ0) is 18.4. The Kier molecular flexibility index (Phi) is 7.66. The van der Waals surface area contributed by atoms with Crippen LogP contribution in [0.25, 0.3) is 0 Å². The van der Waals surface area contributed by atoms with E-state index in [9.17, 15) is 19.5 Å². The summed E-state index contributed by atoms with van der Waals surface area (Å²) in [5, 5.41) is 12.4. The number of aliphatic carboxylic acids is 1. The van der Waals surface area contributed by atoms with Gasteiger partial charge in [0.2, 0.25) is 11.8 Å². The molecule has 1 aliphatic heterocycles. The maximum Gasteiger partial charge on any atom is 0.320 e. The summed E-state index contributed by atoms with van der Waals surface area (Å²) in [6, 6.07) is -0.664. The van der Waals surface area contributed by atoms with Gasteiger partial charge in [0, 0.05) is 40.2 Å². The molecule has 0 aromatic heterocycles. The molecule has 0 bridgehead atoms. The topological polar surface area (TPSA) is 90.0 Å². The average molecular weight is 341 g/mol. The number of likely N-dealkylation sites (tertiary alicyclic amines) is 1. The lowest BCUT2D eigenvalue weighted by molar-refractivity contribution is -0.142. The molecular weight excluding hydrogens is 310 g/mol. The Morgan fingerprint density at radius 1 is 1.33 bits per heavy atom. The minimum absolute atomic E-state index is 0.0225. The molecule has 4 atom stereocenters. The van der Waals surface area contributed by atoms with E-state index in [0.717, 1.165) is 12.8 Å². The second-order valence-corrected chi connectivity index (χ2v) is 7.01. The van der Waals surface area contributed by atoms with Crippen molar-refractivity contribution < 1.29 is 19.5 Å². The Balaban J connectivity index is 2.84. The number of carboxylic acid groups (broad SMARTS) is 1. The molecule has 0 saturated carbocycles. The molecule has 138 valence electrons. The standard InChI is InChI=1S/C17H31N3O4/c1-6-7-13(11(2)18-12(3)21)9-20-10-14(16(22)19(4)5)8-15(20)17(23)24/h11,13-15H,6-10H2,1-5H3,(H,18,21)(H,23,24)/t11?,13?,14-,15-/m1/s1. The maximum atomic E-state index is 12.2. The Morgan fingerprint density at radius 2 is 1.96 bits per heavy atom. The van der Waals surface area contributed by atoms with Crippen LogP contribution in [0, 0.1) is 11.8 Å². The van der Waals surface area contributed by atoms with Crippen molar-refractivity contribution >= 4 is 17.8 Å². The van der Waals surface area contributed by atoms with Gasteiger partial charge >= 0.3 is 5.97 Å². The molecule has 0 aromatic carbocycles. The number of carbonyl (C=O) groups is 3. The highest BCUT2D eigenvalue weighted by Gasteiger charge is 2.41. The lowest BCUT2D eigenvalue weighted by Gasteiger charge is -2.31. The number of nitrogens with zero attached hydrogens (tertiary/aromatic N) is 2. The molecule has 7 nitrogen and oxygen atoms in total. The van der Waals surface area contributed by atoms with Crippen LogP contribution in [0.3, 0.4) is 0 Å². The molecule has 1 heterocycles. The van der Waals surface area contributed by atoms with Gasteiger partial charge in [0.15, 0.2) is 0 Å². The van der Waals surface area contributed by atoms with Crippen LogP contribution in [0.1, 0.15) is 40.0 Å². The van der Waals surface area contributed by atoms with Crippen LogP contribution >= 0.6 is 0 Å². The van der Waals surface area contributed by atoms with Gasteiger partial charge in [0.05, 0.1) is 5.92 Å². The van der Waals surface area contributed by atoms with Crippen molar-refractivity contribution in [2.45, 2.75) is 52.1 Å². The molecule has 2 N–H and O–H groups in total. The number of carboxylic acids is 1. The van der Waals surface area contributed by atoms with Gasteiger partial charge in [-0.2, -0.15) is 0 Å².